The maximum absolute atomic E-state index is 11.3. The van der Waals surface area contributed by atoms with Gasteiger partial charge in [0.25, 0.3) is 0 Å². The number of hydrogen-bond acceptors (Lipinski definition) is 2. The minimum absolute atomic E-state index is 0.334. The first-order valence-electron chi connectivity index (χ1n) is 5.48. The van der Waals surface area contributed by atoms with Crippen LogP contribution < -0.4 is 11.5 Å². The molecule has 4 N–H and O–H groups in total. The zero-order chi connectivity index (χ0) is 12.0. The van der Waals surface area contributed by atoms with Crippen molar-refractivity contribution in [1.29, 1.82) is 0 Å². The van der Waals surface area contributed by atoms with Crippen molar-refractivity contribution in [2.75, 3.05) is 0 Å². The van der Waals surface area contributed by atoms with Gasteiger partial charge in [0.2, 0.25) is 11.8 Å². The van der Waals surface area contributed by atoms with Crippen LogP contribution in [0.4, 0.5) is 0 Å². The van der Waals surface area contributed by atoms with E-state index in [0.717, 1.165) is 6.42 Å². The fourth-order valence-electron chi connectivity index (χ4n) is 1.84. The molecule has 0 spiro atoms. The summed E-state index contributed by atoms with van der Waals surface area (Å²) in [5.74, 6) is -1.32. The molecule has 0 unspecified atom stereocenters. The standard InChI is InChI=1S/C11H22N2O2/c1-4-5-8(10(12)14)9(11(13)15)6-7(2)3/h7-9H,4-6H2,1-3H3,(H2,12,14)(H2,13,15)/t8-,9+/m0/s1. The molecule has 2 atom stereocenters. The molecule has 88 valence electrons. The largest absolute Gasteiger partial charge is 0.369 e. The van der Waals surface area contributed by atoms with E-state index in [2.05, 4.69) is 0 Å². The molecule has 0 aromatic carbocycles. The number of amides is 2. The third-order valence-corrected chi connectivity index (χ3v) is 2.54. The third-order valence-electron chi connectivity index (χ3n) is 2.54. The summed E-state index contributed by atoms with van der Waals surface area (Å²) in [7, 11) is 0. The van der Waals surface area contributed by atoms with Crippen LogP contribution in [0, 0.1) is 17.8 Å². The number of nitrogens with two attached hydrogens (primary N) is 2. The van der Waals surface area contributed by atoms with Crippen molar-refractivity contribution in [2.45, 2.75) is 40.0 Å². The smallest absolute Gasteiger partial charge is 0.221 e. The van der Waals surface area contributed by atoms with Crippen LogP contribution in [0.5, 0.6) is 0 Å². The Kier molecular flexibility index (Phi) is 5.97. The monoisotopic (exact) mass is 214 g/mol. The van der Waals surface area contributed by atoms with Gasteiger partial charge >= 0.3 is 0 Å². The molecule has 0 radical (unpaired) electrons. The maximum atomic E-state index is 11.3. The lowest BCUT2D eigenvalue weighted by atomic mass is 9.82. The van der Waals surface area contributed by atoms with Gasteiger partial charge in [-0.2, -0.15) is 0 Å². The van der Waals surface area contributed by atoms with Gasteiger partial charge in [-0.15, -0.1) is 0 Å². The SMILES string of the molecule is CCC[C@H](C(N)=O)[C@@H](CC(C)C)C(N)=O. The van der Waals surface area contributed by atoms with Crippen molar-refractivity contribution < 1.29 is 9.59 Å². The van der Waals surface area contributed by atoms with E-state index < -0.39 is 23.7 Å². The predicted octanol–water partition coefficient (Wildman–Crippen LogP) is 1.04. The summed E-state index contributed by atoms with van der Waals surface area (Å²) >= 11 is 0. The fraction of sp³-hybridized carbons (Fsp3) is 0.818. The topological polar surface area (TPSA) is 86.2 Å². The van der Waals surface area contributed by atoms with Crippen LogP contribution >= 0.6 is 0 Å². The molecule has 0 rings (SSSR count). The molecule has 2 amide bonds. The van der Waals surface area contributed by atoms with E-state index >= 15 is 0 Å². The summed E-state index contributed by atoms with van der Waals surface area (Å²) in [6.45, 7) is 5.96. The van der Waals surface area contributed by atoms with Gasteiger partial charge in [-0.25, -0.2) is 0 Å². The summed E-state index contributed by atoms with van der Waals surface area (Å²) in [4.78, 5) is 22.5. The minimum Gasteiger partial charge on any atom is -0.369 e. The summed E-state index contributed by atoms with van der Waals surface area (Å²) in [6, 6.07) is 0. The molecule has 0 aliphatic heterocycles. The number of primary amides is 2. The van der Waals surface area contributed by atoms with Gasteiger partial charge in [-0.3, -0.25) is 9.59 Å². The summed E-state index contributed by atoms with van der Waals surface area (Å²) in [5, 5.41) is 0. The van der Waals surface area contributed by atoms with Crippen molar-refractivity contribution in [2.24, 2.45) is 29.2 Å². The highest BCUT2D eigenvalue weighted by molar-refractivity contribution is 5.85. The summed E-state index contributed by atoms with van der Waals surface area (Å²) < 4.78 is 0. The van der Waals surface area contributed by atoms with Crippen molar-refractivity contribution >= 4 is 11.8 Å². The van der Waals surface area contributed by atoms with Crippen LogP contribution in [0.3, 0.4) is 0 Å². The average molecular weight is 214 g/mol. The van der Waals surface area contributed by atoms with E-state index in [-0.39, 0.29) is 0 Å². The van der Waals surface area contributed by atoms with Gasteiger partial charge in [0.05, 0.1) is 0 Å². The lowest BCUT2D eigenvalue weighted by Gasteiger charge is -2.23. The van der Waals surface area contributed by atoms with E-state index in [4.69, 9.17) is 11.5 Å². The van der Waals surface area contributed by atoms with Crippen molar-refractivity contribution in [3.05, 3.63) is 0 Å². The molecule has 4 nitrogen and oxygen atoms in total. The molecule has 15 heavy (non-hydrogen) atoms. The normalized spacial score (nSPS) is 14.9. The highest BCUT2D eigenvalue weighted by atomic mass is 16.2. The van der Waals surface area contributed by atoms with E-state index in [9.17, 15) is 9.59 Å². The second-order valence-electron chi connectivity index (χ2n) is 4.44. The van der Waals surface area contributed by atoms with E-state index in [1.807, 2.05) is 20.8 Å². The number of carbonyl (C=O) groups excluding carboxylic acids is 2. The molecule has 0 saturated heterocycles. The average Bonchev–Trinajstić information content (AvgIpc) is 2.09. The Morgan fingerprint density at radius 2 is 1.53 bits per heavy atom. The van der Waals surface area contributed by atoms with Crippen LogP contribution in [0.2, 0.25) is 0 Å². The second-order valence-corrected chi connectivity index (χ2v) is 4.44. The minimum atomic E-state index is -0.416. The molecule has 0 aromatic heterocycles. The van der Waals surface area contributed by atoms with Crippen molar-refractivity contribution in [3.63, 3.8) is 0 Å². The molecule has 0 aliphatic carbocycles. The molecule has 0 aromatic rings. The molecule has 0 fully saturated rings. The van der Waals surface area contributed by atoms with Crippen LogP contribution in [0.1, 0.15) is 40.0 Å². The molecule has 0 aliphatic rings. The van der Waals surface area contributed by atoms with Gasteiger partial charge in [-0.1, -0.05) is 27.2 Å². The first kappa shape index (κ1) is 13.9. The van der Waals surface area contributed by atoms with Crippen LogP contribution in [-0.4, -0.2) is 11.8 Å². The Balaban J connectivity index is 4.67. The Labute approximate surface area is 91.4 Å². The molecular formula is C11H22N2O2. The van der Waals surface area contributed by atoms with E-state index in [1.54, 1.807) is 0 Å². The number of carbonyl (C=O) groups is 2. The Morgan fingerprint density at radius 3 is 1.80 bits per heavy atom. The summed E-state index contributed by atoms with van der Waals surface area (Å²) in [6.07, 6.45) is 2.09. The lowest BCUT2D eigenvalue weighted by Crippen LogP contribution is -2.38. The van der Waals surface area contributed by atoms with Gasteiger partial charge in [0, 0.05) is 11.8 Å². The van der Waals surface area contributed by atoms with Crippen molar-refractivity contribution in [1.82, 2.24) is 0 Å². The molecule has 4 heteroatoms. The first-order chi connectivity index (χ1) is 6.90. The van der Waals surface area contributed by atoms with Crippen molar-refractivity contribution in [3.8, 4) is 0 Å². The van der Waals surface area contributed by atoms with Crippen LogP contribution in [0.25, 0.3) is 0 Å². The lowest BCUT2D eigenvalue weighted by molar-refractivity contribution is -0.132. The van der Waals surface area contributed by atoms with E-state index in [0.29, 0.717) is 18.8 Å². The fourth-order valence-corrected chi connectivity index (χ4v) is 1.84. The molecule has 0 saturated carbocycles. The van der Waals surface area contributed by atoms with Gasteiger partial charge in [0.15, 0.2) is 0 Å². The second kappa shape index (κ2) is 6.43. The van der Waals surface area contributed by atoms with Crippen LogP contribution in [0.15, 0.2) is 0 Å². The number of hydrogen-bond donors (Lipinski definition) is 2. The summed E-state index contributed by atoms with van der Waals surface area (Å²) in [5.41, 5.74) is 10.6. The molecule has 0 bridgehead atoms. The van der Waals surface area contributed by atoms with Crippen LogP contribution in [-0.2, 0) is 9.59 Å². The highest BCUT2D eigenvalue weighted by Crippen LogP contribution is 2.24. The Morgan fingerprint density at radius 1 is 1.07 bits per heavy atom. The zero-order valence-electron chi connectivity index (χ0n) is 9.82. The molecular weight excluding hydrogens is 192 g/mol. The Bertz CT molecular complexity index is 227. The Hall–Kier alpha value is -1.06. The zero-order valence-corrected chi connectivity index (χ0v) is 9.82. The quantitative estimate of drug-likeness (QED) is 0.663. The van der Waals surface area contributed by atoms with E-state index in [1.165, 1.54) is 0 Å². The van der Waals surface area contributed by atoms with Gasteiger partial charge in [0.1, 0.15) is 0 Å². The third kappa shape index (κ3) is 4.81. The first-order valence-corrected chi connectivity index (χ1v) is 5.48. The number of rotatable bonds is 7. The van der Waals surface area contributed by atoms with Gasteiger partial charge in [-0.05, 0) is 18.8 Å². The predicted molar refractivity (Wildman–Crippen MR) is 59.7 cm³/mol. The maximum Gasteiger partial charge on any atom is 0.221 e. The molecule has 0 heterocycles. The van der Waals surface area contributed by atoms with Gasteiger partial charge < -0.3 is 11.5 Å². The highest BCUT2D eigenvalue weighted by Gasteiger charge is 2.30.